The molecule has 1 saturated carbocycles. The van der Waals surface area contributed by atoms with Crippen LogP contribution in [0.25, 0.3) is 0 Å². The molecule has 0 atom stereocenters. The summed E-state index contributed by atoms with van der Waals surface area (Å²) in [7, 11) is 0. The normalized spacial score (nSPS) is 14.5. The van der Waals surface area contributed by atoms with Crippen LogP contribution in [0.5, 0.6) is 0 Å². The standard InChI is InChI=1S/C15H22N2O4S/c1-5-20-13(18)11-12(9-6-7-9)22-10(17-11)8-16-14(19)21-15(2,3)4/h9H,5-8H2,1-4H3,(H,16,19). The highest BCUT2D eigenvalue weighted by Gasteiger charge is 2.32. The molecule has 1 amide bonds. The number of rotatable bonds is 5. The van der Waals surface area contributed by atoms with Gasteiger partial charge in [-0.25, -0.2) is 14.6 Å². The number of amides is 1. The van der Waals surface area contributed by atoms with Gasteiger partial charge in [-0.1, -0.05) is 0 Å². The van der Waals surface area contributed by atoms with Gasteiger partial charge in [0, 0.05) is 4.88 Å². The van der Waals surface area contributed by atoms with Gasteiger partial charge >= 0.3 is 12.1 Å². The van der Waals surface area contributed by atoms with Crippen LogP contribution in [0.2, 0.25) is 0 Å². The molecule has 1 aliphatic carbocycles. The van der Waals surface area contributed by atoms with Crippen molar-refractivity contribution in [3.05, 3.63) is 15.6 Å². The molecule has 0 aromatic carbocycles. The van der Waals surface area contributed by atoms with E-state index in [0.717, 1.165) is 17.7 Å². The minimum Gasteiger partial charge on any atom is -0.461 e. The van der Waals surface area contributed by atoms with Gasteiger partial charge in [-0.3, -0.25) is 0 Å². The molecule has 0 unspecified atom stereocenters. The second-order valence-electron chi connectivity index (χ2n) is 6.17. The molecule has 1 aromatic rings. The number of aromatic nitrogens is 1. The fraction of sp³-hybridized carbons (Fsp3) is 0.667. The maximum absolute atomic E-state index is 11.9. The maximum atomic E-state index is 11.9. The van der Waals surface area contributed by atoms with Gasteiger partial charge in [-0.05, 0) is 46.5 Å². The zero-order chi connectivity index (χ0) is 16.3. The fourth-order valence-corrected chi connectivity index (χ4v) is 3.05. The van der Waals surface area contributed by atoms with Crippen molar-refractivity contribution in [1.82, 2.24) is 10.3 Å². The highest BCUT2D eigenvalue weighted by atomic mass is 32.1. The van der Waals surface area contributed by atoms with E-state index in [1.807, 2.05) is 0 Å². The Morgan fingerprint density at radius 1 is 1.36 bits per heavy atom. The minimum absolute atomic E-state index is 0.249. The van der Waals surface area contributed by atoms with Crippen molar-refractivity contribution in [3.8, 4) is 0 Å². The number of carbonyl (C=O) groups excluding carboxylic acids is 2. The Balaban J connectivity index is 2.01. The van der Waals surface area contributed by atoms with Crippen molar-refractivity contribution >= 4 is 23.4 Å². The average molecular weight is 326 g/mol. The fourth-order valence-electron chi connectivity index (χ4n) is 1.88. The molecule has 6 nitrogen and oxygen atoms in total. The van der Waals surface area contributed by atoms with Crippen LogP contribution >= 0.6 is 11.3 Å². The van der Waals surface area contributed by atoms with Gasteiger partial charge in [0.15, 0.2) is 5.69 Å². The van der Waals surface area contributed by atoms with Crippen molar-refractivity contribution in [2.45, 2.75) is 58.6 Å². The highest BCUT2D eigenvalue weighted by Crippen LogP contribution is 2.44. The first-order valence-electron chi connectivity index (χ1n) is 7.43. The summed E-state index contributed by atoms with van der Waals surface area (Å²) in [5, 5.41) is 3.35. The average Bonchev–Trinajstić information content (AvgIpc) is 3.15. The molecule has 1 fully saturated rings. The van der Waals surface area contributed by atoms with Crippen molar-refractivity contribution < 1.29 is 19.1 Å². The third-order valence-electron chi connectivity index (χ3n) is 2.90. The number of thiazole rings is 1. The number of hydrogen-bond acceptors (Lipinski definition) is 6. The Morgan fingerprint density at radius 2 is 2.05 bits per heavy atom. The molecule has 0 aliphatic heterocycles. The lowest BCUT2D eigenvalue weighted by Gasteiger charge is -2.19. The van der Waals surface area contributed by atoms with E-state index in [4.69, 9.17) is 9.47 Å². The smallest absolute Gasteiger partial charge is 0.408 e. The first-order valence-corrected chi connectivity index (χ1v) is 8.25. The van der Waals surface area contributed by atoms with E-state index in [1.54, 1.807) is 27.7 Å². The van der Waals surface area contributed by atoms with E-state index >= 15 is 0 Å². The summed E-state index contributed by atoms with van der Waals surface area (Å²) in [6.45, 7) is 7.76. The van der Waals surface area contributed by atoms with Gasteiger partial charge in [-0.2, -0.15) is 0 Å². The van der Waals surface area contributed by atoms with Crippen molar-refractivity contribution in [2.75, 3.05) is 6.61 Å². The van der Waals surface area contributed by atoms with Crippen molar-refractivity contribution in [3.63, 3.8) is 0 Å². The lowest BCUT2D eigenvalue weighted by Crippen LogP contribution is -2.32. The van der Waals surface area contributed by atoms with Gasteiger partial charge in [0.05, 0.1) is 13.2 Å². The number of hydrogen-bond donors (Lipinski definition) is 1. The molecule has 7 heteroatoms. The first-order chi connectivity index (χ1) is 10.3. The summed E-state index contributed by atoms with van der Waals surface area (Å²) in [6, 6.07) is 0. The quantitative estimate of drug-likeness (QED) is 0.841. The van der Waals surface area contributed by atoms with Crippen molar-refractivity contribution in [2.24, 2.45) is 0 Å². The second-order valence-corrected chi connectivity index (χ2v) is 7.29. The number of esters is 1. The zero-order valence-electron chi connectivity index (χ0n) is 13.4. The number of carbonyl (C=O) groups is 2. The van der Waals surface area contributed by atoms with E-state index in [1.165, 1.54) is 11.3 Å². The summed E-state index contributed by atoms with van der Waals surface area (Å²) in [5.41, 5.74) is -0.141. The molecule has 1 aromatic heterocycles. The van der Waals surface area contributed by atoms with Crippen LogP contribution < -0.4 is 5.32 Å². The Bertz CT molecular complexity index is 558. The summed E-state index contributed by atoms with van der Waals surface area (Å²) >= 11 is 1.46. The number of ether oxygens (including phenoxy) is 2. The van der Waals surface area contributed by atoms with Crippen LogP contribution in [0.3, 0.4) is 0 Å². The predicted molar refractivity (Wildman–Crippen MR) is 83.1 cm³/mol. The molecule has 1 aliphatic rings. The first kappa shape index (κ1) is 16.7. The summed E-state index contributed by atoms with van der Waals surface area (Å²) in [5.74, 6) is 0.0244. The monoisotopic (exact) mass is 326 g/mol. The molecule has 0 saturated heterocycles. The van der Waals surface area contributed by atoms with Crippen molar-refractivity contribution in [1.29, 1.82) is 0 Å². The third-order valence-corrected chi connectivity index (χ3v) is 4.12. The Morgan fingerprint density at radius 3 is 2.59 bits per heavy atom. The molecule has 1 heterocycles. The summed E-state index contributed by atoms with van der Waals surface area (Å²) in [4.78, 5) is 28.9. The molecular weight excluding hydrogens is 304 g/mol. The van der Waals surface area contributed by atoms with E-state index in [9.17, 15) is 9.59 Å². The summed E-state index contributed by atoms with van der Waals surface area (Å²) < 4.78 is 10.2. The molecule has 1 N–H and O–H groups in total. The molecule has 0 spiro atoms. The Hall–Kier alpha value is -1.63. The van der Waals surface area contributed by atoms with Gasteiger partial charge in [-0.15, -0.1) is 11.3 Å². The highest BCUT2D eigenvalue weighted by molar-refractivity contribution is 7.12. The molecule has 122 valence electrons. The number of nitrogens with zero attached hydrogens (tertiary/aromatic N) is 1. The number of nitrogens with one attached hydrogen (secondary N) is 1. The zero-order valence-corrected chi connectivity index (χ0v) is 14.2. The predicted octanol–water partition coefficient (Wildman–Crippen LogP) is 3.22. The molecule has 22 heavy (non-hydrogen) atoms. The third kappa shape index (κ3) is 4.69. The lowest BCUT2D eigenvalue weighted by molar-refractivity contribution is 0.0515. The van der Waals surface area contributed by atoms with Gasteiger partial charge in [0.2, 0.25) is 0 Å². The topological polar surface area (TPSA) is 77.5 Å². The van der Waals surface area contributed by atoms with Crippen LogP contribution in [0.15, 0.2) is 0 Å². The SMILES string of the molecule is CCOC(=O)c1nc(CNC(=O)OC(C)(C)C)sc1C1CC1. The van der Waals surface area contributed by atoms with Crippen LogP contribution in [0, 0.1) is 0 Å². The van der Waals surface area contributed by atoms with Crippen LogP contribution in [-0.4, -0.2) is 29.3 Å². The minimum atomic E-state index is -0.539. The molecular formula is C15H22N2O4S. The van der Waals surface area contributed by atoms with E-state index in [2.05, 4.69) is 10.3 Å². The summed E-state index contributed by atoms with van der Waals surface area (Å²) in [6.07, 6.45) is 1.66. The number of alkyl carbamates (subject to hydrolysis) is 1. The van der Waals surface area contributed by atoms with Gasteiger partial charge in [0.25, 0.3) is 0 Å². The largest absolute Gasteiger partial charge is 0.461 e. The Kier molecular flexibility index (Phi) is 5.05. The van der Waals surface area contributed by atoms with E-state index in [-0.39, 0.29) is 12.5 Å². The molecule has 0 bridgehead atoms. The van der Waals surface area contributed by atoms with Crippen LogP contribution in [-0.2, 0) is 16.0 Å². The van der Waals surface area contributed by atoms with Crippen LogP contribution in [0.1, 0.15) is 66.8 Å². The molecule has 0 radical (unpaired) electrons. The molecule has 2 rings (SSSR count). The lowest BCUT2D eigenvalue weighted by atomic mass is 10.2. The van der Waals surface area contributed by atoms with Gasteiger partial charge < -0.3 is 14.8 Å². The van der Waals surface area contributed by atoms with Gasteiger partial charge in [0.1, 0.15) is 10.6 Å². The maximum Gasteiger partial charge on any atom is 0.408 e. The second kappa shape index (κ2) is 6.64. The van der Waals surface area contributed by atoms with E-state index < -0.39 is 11.7 Å². The van der Waals surface area contributed by atoms with E-state index in [0.29, 0.717) is 23.2 Å². The van der Waals surface area contributed by atoms with Crippen LogP contribution in [0.4, 0.5) is 4.79 Å². The Labute approximate surface area is 134 Å².